The molecule has 0 radical (unpaired) electrons. The van der Waals surface area contributed by atoms with E-state index < -0.39 is 10.0 Å². The number of hydrogen-bond acceptors (Lipinski definition) is 4. The minimum absolute atomic E-state index is 0.0878. The van der Waals surface area contributed by atoms with Crippen molar-refractivity contribution >= 4 is 21.6 Å². The number of anilines is 1. The van der Waals surface area contributed by atoms with Crippen molar-refractivity contribution in [2.75, 3.05) is 31.1 Å². The monoisotopic (exact) mass is 473 g/mol. The SMILES string of the molecule is CC(C)C(C)N(C(=O)c1cccc(S(=O)(=O)N2CCN(c3ccc(F)cc3)CC2)c1)C1CC1. The number of benzene rings is 2. The summed E-state index contributed by atoms with van der Waals surface area (Å²) in [4.78, 5) is 17.5. The van der Waals surface area contributed by atoms with E-state index in [1.165, 1.54) is 22.5 Å². The zero-order valence-electron chi connectivity index (χ0n) is 19.4. The summed E-state index contributed by atoms with van der Waals surface area (Å²) in [7, 11) is -3.72. The Morgan fingerprint density at radius 3 is 2.21 bits per heavy atom. The zero-order chi connectivity index (χ0) is 23.8. The van der Waals surface area contributed by atoms with Crippen molar-refractivity contribution < 1.29 is 17.6 Å². The molecule has 1 amide bonds. The fourth-order valence-corrected chi connectivity index (χ4v) is 5.75. The second-order valence-electron chi connectivity index (χ2n) is 9.32. The van der Waals surface area contributed by atoms with Crippen molar-refractivity contribution in [3.63, 3.8) is 0 Å². The Bertz CT molecular complexity index is 1090. The molecule has 1 unspecified atom stereocenters. The van der Waals surface area contributed by atoms with Crippen LogP contribution in [0.4, 0.5) is 10.1 Å². The molecule has 1 heterocycles. The van der Waals surface area contributed by atoms with Crippen LogP contribution in [0.2, 0.25) is 0 Å². The Labute approximate surface area is 196 Å². The third-order valence-corrected chi connectivity index (χ3v) is 8.62. The van der Waals surface area contributed by atoms with Crippen molar-refractivity contribution in [1.82, 2.24) is 9.21 Å². The summed E-state index contributed by atoms with van der Waals surface area (Å²) in [5.74, 6) is -0.0758. The number of carbonyl (C=O) groups excluding carboxylic acids is 1. The molecule has 2 aliphatic rings. The third-order valence-electron chi connectivity index (χ3n) is 6.73. The van der Waals surface area contributed by atoms with Gasteiger partial charge in [-0.05, 0) is 68.1 Å². The van der Waals surface area contributed by atoms with Gasteiger partial charge in [-0.2, -0.15) is 4.31 Å². The van der Waals surface area contributed by atoms with E-state index in [1.54, 1.807) is 30.3 Å². The number of carbonyl (C=O) groups is 1. The summed E-state index contributed by atoms with van der Waals surface area (Å²) in [6.45, 7) is 7.95. The minimum atomic E-state index is -3.72. The first-order valence-corrected chi connectivity index (χ1v) is 13.1. The molecule has 8 heteroatoms. The molecule has 1 aliphatic heterocycles. The third kappa shape index (κ3) is 5.06. The molecule has 1 aliphatic carbocycles. The van der Waals surface area contributed by atoms with Gasteiger partial charge in [-0.1, -0.05) is 19.9 Å². The van der Waals surface area contributed by atoms with Crippen LogP contribution in [0.5, 0.6) is 0 Å². The van der Waals surface area contributed by atoms with Gasteiger partial charge in [-0.25, -0.2) is 12.8 Å². The van der Waals surface area contributed by atoms with Crippen LogP contribution in [0.25, 0.3) is 0 Å². The van der Waals surface area contributed by atoms with E-state index in [0.717, 1.165) is 18.5 Å². The Balaban J connectivity index is 1.49. The molecule has 0 bridgehead atoms. The van der Waals surface area contributed by atoms with Crippen molar-refractivity contribution in [1.29, 1.82) is 0 Å². The van der Waals surface area contributed by atoms with Gasteiger partial charge in [0.2, 0.25) is 10.0 Å². The van der Waals surface area contributed by atoms with Crippen LogP contribution in [0.3, 0.4) is 0 Å². The van der Waals surface area contributed by atoms with Crippen LogP contribution in [0.1, 0.15) is 44.0 Å². The first-order valence-electron chi connectivity index (χ1n) is 11.6. The number of sulfonamides is 1. The van der Waals surface area contributed by atoms with Gasteiger partial charge in [-0.15, -0.1) is 0 Å². The molecule has 2 aromatic rings. The summed E-state index contributed by atoms with van der Waals surface area (Å²) in [6.07, 6.45) is 2.00. The predicted octanol–water partition coefficient (Wildman–Crippen LogP) is 3.99. The highest BCUT2D eigenvalue weighted by Gasteiger charge is 2.37. The van der Waals surface area contributed by atoms with E-state index in [4.69, 9.17) is 0 Å². The highest BCUT2D eigenvalue weighted by atomic mass is 32.2. The number of hydrogen-bond donors (Lipinski definition) is 0. The van der Waals surface area contributed by atoms with Crippen LogP contribution in [0.15, 0.2) is 53.4 Å². The molecule has 0 N–H and O–H groups in total. The van der Waals surface area contributed by atoms with E-state index in [1.807, 2.05) is 9.80 Å². The van der Waals surface area contributed by atoms with Crippen LogP contribution < -0.4 is 4.90 Å². The lowest BCUT2D eigenvalue weighted by Gasteiger charge is -2.35. The fourth-order valence-electron chi connectivity index (χ4n) is 4.28. The van der Waals surface area contributed by atoms with Crippen LogP contribution in [-0.4, -0.2) is 61.8 Å². The smallest absolute Gasteiger partial charge is 0.254 e. The zero-order valence-corrected chi connectivity index (χ0v) is 20.3. The number of piperazine rings is 1. The molecular formula is C25H32FN3O3S. The summed E-state index contributed by atoms with van der Waals surface area (Å²) < 4.78 is 41.3. The molecule has 1 atom stereocenters. The number of rotatable bonds is 7. The van der Waals surface area contributed by atoms with Gasteiger partial charge in [0.05, 0.1) is 4.90 Å². The van der Waals surface area contributed by atoms with Gasteiger partial charge in [0.1, 0.15) is 5.82 Å². The van der Waals surface area contributed by atoms with Crippen molar-refractivity contribution in [2.45, 2.75) is 50.6 Å². The van der Waals surface area contributed by atoms with Crippen molar-refractivity contribution in [2.24, 2.45) is 5.92 Å². The molecule has 33 heavy (non-hydrogen) atoms. The second kappa shape index (κ2) is 9.43. The van der Waals surface area contributed by atoms with Crippen molar-refractivity contribution in [3.8, 4) is 0 Å². The normalized spacial score (nSPS) is 18.4. The van der Waals surface area contributed by atoms with Gasteiger partial charge in [0.25, 0.3) is 5.91 Å². The fraction of sp³-hybridized carbons (Fsp3) is 0.480. The maximum atomic E-state index is 13.3. The number of amides is 1. The van der Waals surface area contributed by atoms with E-state index >= 15 is 0 Å². The standard InChI is InChI=1S/C25H32FN3O3S/c1-18(2)19(3)29(23-11-12-23)25(30)20-5-4-6-24(17-20)33(31,32)28-15-13-27(14-16-28)22-9-7-21(26)8-10-22/h4-10,17-19,23H,11-16H2,1-3H3. The molecule has 1 saturated heterocycles. The summed E-state index contributed by atoms with van der Waals surface area (Å²) in [6, 6.07) is 13.0. The van der Waals surface area contributed by atoms with Crippen LogP contribution in [-0.2, 0) is 10.0 Å². The van der Waals surface area contributed by atoms with Crippen LogP contribution in [0, 0.1) is 11.7 Å². The highest BCUT2D eigenvalue weighted by molar-refractivity contribution is 7.89. The molecule has 0 spiro atoms. The Morgan fingerprint density at radius 2 is 1.64 bits per heavy atom. The highest BCUT2D eigenvalue weighted by Crippen LogP contribution is 2.32. The van der Waals surface area contributed by atoms with E-state index in [-0.39, 0.29) is 28.7 Å². The maximum Gasteiger partial charge on any atom is 0.254 e. The number of halogens is 1. The molecule has 6 nitrogen and oxygen atoms in total. The van der Waals surface area contributed by atoms with Gasteiger partial charge >= 0.3 is 0 Å². The molecule has 4 rings (SSSR count). The summed E-state index contributed by atoms with van der Waals surface area (Å²) >= 11 is 0. The molecule has 1 saturated carbocycles. The lowest BCUT2D eigenvalue weighted by Crippen LogP contribution is -2.48. The molecule has 2 aromatic carbocycles. The Morgan fingerprint density at radius 1 is 1.00 bits per heavy atom. The predicted molar refractivity (Wildman–Crippen MR) is 127 cm³/mol. The molecular weight excluding hydrogens is 441 g/mol. The second-order valence-corrected chi connectivity index (χ2v) is 11.3. The molecule has 2 fully saturated rings. The van der Waals surface area contributed by atoms with E-state index in [0.29, 0.717) is 37.7 Å². The maximum absolute atomic E-state index is 13.3. The Hall–Kier alpha value is -2.45. The first-order chi connectivity index (χ1) is 15.7. The average molecular weight is 474 g/mol. The van der Waals surface area contributed by atoms with Gasteiger partial charge in [-0.3, -0.25) is 4.79 Å². The van der Waals surface area contributed by atoms with Gasteiger partial charge < -0.3 is 9.80 Å². The van der Waals surface area contributed by atoms with E-state index in [2.05, 4.69) is 20.8 Å². The Kier molecular flexibility index (Phi) is 6.77. The molecule has 0 aromatic heterocycles. The van der Waals surface area contributed by atoms with Gasteiger partial charge in [0, 0.05) is 49.5 Å². The topological polar surface area (TPSA) is 60.9 Å². The quantitative estimate of drug-likeness (QED) is 0.610. The largest absolute Gasteiger partial charge is 0.369 e. The van der Waals surface area contributed by atoms with Crippen LogP contribution >= 0.6 is 0 Å². The average Bonchev–Trinajstić information content (AvgIpc) is 3.65. The van der Waals surface area contributed by atoms with Gasteiger partial charge in [0.15, 0.2) is 0 Å². The summed E-state index contributed by atoms with van der Waals surface area (Å²) in [5, 5.41) is 0. The first kappa shape index (κ1) is 23.7. The number of nitrogens with zero attached hydrogens (tertiary/aromatic N) is 3. The van der Waals surface area contributed by atoms with Crippen molar-refractivity contribution in [3.05, 3.63) is 59.9 Å². The molecule has 178 valence electrons. The lowest BCUT2D eigenvalue weighted by molar-refractivity contribution is 0.0627. The van der Waals surface area contributed by atoms with E-state index in [9.17, 15) is 17.6 Å². The summed E-state index contributed by atoms with van der Waals surface area (Å²) in [5.41, 5.74) is 1.29. The lowest BCUT2D eigenvalue weighted by atomic mass is 10.0. The minimum Gasteiger partial charge on any atom is -0.369 e.